The van der Waals surface area contributed by atoms with E-state index in [0.717, 1.165) is 30.1 Å². The third kappa shape index (κ3) is 5.21. The first-order chi connectivity index (χ1) is 7.47. The zero-order valence-electron chi connectivity index (χ0n) is 9.28. The minimum Gasteiger partial charge on any atom is -0.374 e. The number of rotatable bonds is 5. The zero-order chi connectivity index (χ0) is 12.1. The molecule has 16 heavy (non-hydrogen) atoms. The lowest BCUT2D eigenvalue weighted by atomic mass is 9.86. The van der Waals surface area contributed by atoms with Crippen molar-refractivity contribution in [2.45, 2.75) is 56.7 Å². The molecular formula is C11H18F3IO. The second-order valence-electron chi connectivity index (χ2n) is 4.44. The summed E-state index contributed by atoms with van der Waals surface area (Å²) in [6.45, 7) is 0.239. The number of hydrogen-bond acceptors (Lipinski definition) is 1. The smallest absolute Gasteiger partial charge is 0.374 e. The van der Waals surface area contributed by atoms with Gasteiger partial charge in [-0.2, -0.15) is 13.2 Å². The Hall–Kier alpha value is 0.480. The van der Waals surface area contributed by atoms with Crippen molar-refractivity contribution in [2.75, 3.05) is 11.0 Å². The third-order valence-electron chi connectivity index (χ3n) is 3.02. The topological polar surface area (TPSA) is 9.23 Å². The molecule has 1 rings (SSSR count). The van der Waals surface area contributed by atoms with Gasteiger partial charge in [-0.25, -0.2) is 0 Å². The van der Waals surface area contributed by atoms with Crippen LogP contribution in [-0.2, 0) is 4.74 Å². The van der Waals surface area contributed by atoms with Crippen LogP contribution in [0.3, 0.4) is 0 Å². The van der Waals surface area contributed by atoms with Gasteiger partial charge in [-0.15, -0.1) is 0 Å². The van der Waals surface area contributed by atoms with Crippen LogP contribution in [-0.4, -0.2) is 22.8 Å². The van der Waals surface area contributed by atoms with Gasteiger partial charge < -0.3 is 4.74 Å². The van der Waals surface area contributed by atoms with Gasteiger partial charge in [-0.3, -0.25) is 0 Å². The molecule has 0 radical (unpaired) electrons. The van der Waals surface area contributed by atoms with Gasteiger partial charge in [0.15, 0.2) is 0 Å². The molecule has 1 fully saturated rings. The van der Waals surface area contributed by atoms with Gasteiger partial charge in [0.1, 0.15) is 0 Å². The molecular weight excluding hydrogens is 332 g/mol. The van der Waals surface area contributed by atoms with Crippen LogP contribution in [0.1, 0.15) is 44.9 Å². The lowest BCUT2D eigenvalue weighted by Crippen LogP contribution is -2.37. The molecule has 1 nitrogen and oxygen atoms in total. The van der Waals surface area contributed by atoms with Crippen LogP contribution < -0.4 is 0 Å². The SMILES string of the molecule is FC(F)(F)CCCOC1(CI)CCCCC1. The van der Waals surface area contributed by atoms with Crippen molar-refractivity contribution in [3.8, 4) is 0 Å². The Bertz CT molecular complexity index is 200. The lowest BCUT2D eigenvalue weighted by Gasteiger charge is -2.35. The molecule has 1 saturated carbocycles. The first kappa shape index (κ1) is 14.5. The summed E-state index contributed by atoms with van der Waals surface area (Å²) in [7, 11) is 0. The maximum atomic E-state index is 11.9. The standard InChI is InChI=1S/C11H18F3IO/c12-11(13,14)7-4-8-16-10(9-15)5-2-1-3-6-10/h1-9H2. The van der Waals surface area contributed by atoms with Crippen molar-refractivity contribution in [1.82, 2.24) is 0 Å². The van der Waals surface area contributed by atoms with Gasteiger partial charge in [0.25, 0.3) is 0 Å². The van der Waals surface area contributed by atoms with Crippen LogP contribution in [0.4, 0.5) is 13.2 Å². The monoisotopic (exact) mass is 350 g/mol. The van der Waals surface area contributed by atoms with Crippen LogP contribution in [0, 0.1) is 0 Å². The summed E-state index contributed by atoms with van der Waals surface area (Å²) < 4.78 is 42.4. The van der Waals surface area contributed by atoms with E-state index in [-0.39, 0.29) is 18.6 Å². The van der Waals surface area contributed by atoms with Crippen LogP contribution in [0.15, 0.2) is 0 Å². The van der Waals surface area contributed by atoms with E-state index in [1.54, 1.807) is 0 Å². The van der Waals surface area contributed by atoms with Gasteiger partial charge in [0.05, 0.1) is 5.60 Å². The molecule has 1 aliphatic rings. The first-order valence-electron chi connectivity index (χ1n) is 5.74. The Morgan fingerprint density at radius 2 is 1.75 bits per heavy atom. The Morgan fingerprint density at radius 1 is 1.12 bits per heavy atom. The molecule has 0 aromatic carbocycles. The van der Waals surface area contributed by atoms with E-state index < -0.39 is 12.6 Å². The van der Waals surface area contributed by atoms with Crippen LogP contribution in [0.5, 0.6) is 0 Å². The average Bonchev–Trinajstić information content (AvgIpc) is 2.25. The molecule has 0 atom stereocenters. The molecule has 0 N–H and O–H groups in total. The Morgan fingerprint density at radius 3 is 2.25 bits per heavy atom. The van der Waals surface area contributed by atoms with Crippen LogP contribution in [0.25, 0.3) is 0 Å². The summed E-state index contributed by atoms with van der Waals surface area (Å²) >= 11 is 2.28. The molecule has 1 aliphatic carbocycles. The highest BCUT2D eigenvalue weighted by atomic mass is 127. The zero-order valence-corrected chi connectivity index (χ0v) is 11.4. The Kier molecular flexibility index (Phi) is 5.84. The first-order valence-corrected chi connectivity index (χ1v) is 7.27. The molecule has 96 valence electrons. The van der Waals surface area contributed by atoms with Crippen molar-refractivity contribution in [2.24, 2.45) is 0 Å². The van der Waals surface area contributed by atoms with E-state index in [2.05, 4.69) is 22.6 Å². The average molecular weight is 350 g/mol. The molecule has 0 saturated heterocycles. The molecule has 0 aliphatic heterocycles. The van der Waals surface area contributed by atoms with E-state index in [1.165, 1.54) is 6.42 Å². The fourth-order valence-corrected chi connectivity index (χ4v) is 3.06. The molecule has 0 amide bonds. The van der Waals surface area contributed by atoms with Crippen LogP contribution in [0.2, 0.25) is 0 Å². The second-order valence-corrected chi connectivity index (χ2v) is 5.21. The van der Waals surface area contributed by atoms with Gasteiger partial charge in [-0.1, -0.05) is 41.9 Å². The van der Waals surface area contributed by atoms with E-state index >= 15 is 0 Å². The summed E-state index contributed by atoms with van der Waals surface area (Å²) in [5.74, 6) is 0. The summed E-state index contributed by atoms with van der Waals surface area (Å²) in [6.07, 6.45) is 0.818. The van der Waals surface area contributed by atoms with Crippen molar-refractivity contribution < 1.29 is 17.9 Å². The summed E-state index contributed by atoms with van der Waals surface area (Å²) in [5, 5.41) is 0. The molecule has 0 heterocycles. The number of ether oxygens (including phenoxy) is 1. The summed E-state index contributed by atoms with van der Waals surface area (Å²) in [6, 6.07) is 0. The minimum absolute atomic E-state index is 0.0852. The number of hydrogen-bond donors (Lipinski definition) is 0. The largest absolute Gasteiger partial charge is 0.389 e. The van der Waals surface area contributed by atoms with Gasteiger partial charge in [-0.05, 0) is 19.3 Å². The molecule has 0 bridgehead atoms. The summed E-state index contributed by atoms with van der Waals surface area (Å²) in [4.78, 5) is 0. The fourth-order valence-electron chi connectivity index (χ4n) is 2.07. The molecule has 0 unspecified atom stereocenters. The van der Waals surface area contributed by atoms with Crippen LogP contribution >= 0.6 is 22.6 Å². The Labute approximate surface area is 108 Å². The fraction of sp³-hybridized carbons (Fsp3) is 1.00. The third-order valence-corrected chi connectivity index (χ3v) is 4.41. The highest BCUT2D eigenvalue weighted by molar-refractivity contribution is 14.1. The maximum absolute atomic E-state index is 11.9. The maximum Gasteiger partial charge on any atom is 0.389 e. The van der Waals surface area contributed by atoms with Crippen molar-refractivity contribution in [1.29, 1.82) is 0 Å². The van der Waals surface area contributed by atoms with Crippen molar-refractivity contribution in [3.63, 3.8) is 0 Å². The predicted molar refractivity (Wildman–Crippen MR) is 65.9 cm³/mol. The van der Waals surface area contributed by atoms with Gasteiger partial charge in [0.2, 0.25) is 0 Å². The molecule has 0 aromatic rings. The highest BCUT2D eigenvalue weighted by Gasteiger charge is 2.32. The predicted octanol–water partition coefficient (Wildman–Crippen LogP) is 4.48. The quantitative estimate of drug-likeness (QED) is 0.404. The van der Waals surface area contributed by atoms with Gasteiger partial charge >= 0.3 is 6.18 Å². The number of alkyl halides is 4. The van der Waals surface area contributed by atoms with E-state index in [9.17, 15) is 13.2 Å². The molecule has 0 aromatic heterocycles. The lowest BCUT2D eigenvalue weighted by molar-refractivity contribution is -0.142. The summed E-state index contributed by atoms with van der Waals surface area (Å²) in [5.41, 5.74) is -0.135. The van der Waals surface area contributed by atoms with E-state index in [1.807, 2.05) is 0 Å². The highest BCUT2D eigenvalue weighted by Crippen LogP contribution is 2.33. The second kappa shape index (κ2) is 6.42. The van der Waals surface area contributed by atoms with Crippen molar-refractivity contribution in [3.05, 3.63) is 0 Å². The van der Waals surface area contributed by atoms with E-state index in [4.69, 9.17) is 4.74 Å². The minimum atomic E-state index is -4.05. The normalized spacial score (nSPS) is 21.0. The molecule has 5 heteroatoms. The number of halogens is 4. The Balaban J connectivity index is 2.23. The molecule has 0 spiro atoms. The van der Waals surface area contributed by atoms with E-state index in [0.29, 0.717) is 0 Å². The van der Waals surface area contributed by atoms with Gasteiger partial charge in [0, 0.05) is 17.5 Å². The van der Waals surface area contributed by atoms with Crippen molar-refractivity contribution >= 4 is 22.6 Å².